The summed E-state index contributed by atoms with van der Waals surface area (Å²) in [6.07, 6.45) is 40.2. The third-order valence-corrected chi connectivity index (χ3v) is 8.66. The lowest BCUT2D eigenvalue weighted by atomic mass is 10.1. The van der Waals surface area contributed by atoms with Crippen LogP contribution in [-0.4, -0.2) is 41.0 Å². The first kappa shape index (κ1) is 46.3. The molecule has 0 aliphatic carbocycles. The van der Waals surface area contributed by atoms with E-state index in [0.717, 1.165) is 51.4 Å². The Balaban J connectivity index is 4.03. The molecule has 280 valence electrons. The molecule has 0 aromatic carbocycles. The molecule has 2 N–H and O–H groups in total. The maximum atomic E-state index is 12.3. The van der Waals surface area contributed by atoms with Gasteiger partial charge in [0.2, 0.25) is 0 Å². The molecule has 0 spiro atoms. The summed E-state index contributed by atoms with van der Waals surface area (Å²) in [6.45, 7) is 3.61. The Morgan fingerprint density at radius 3 is 1.50 bits per heavy atom. The second-order valence-corrected chi connectivity index (χ2v) is 14.2. The van der Waals surface area contributed by atoms with E-state index < -0.39 is 32.5 Å². The molecule has 0 aromatic heterocycles. The lowest BCUT2D eigenvalue weighted by Crippen LogP contribution is -2.29. The molecule has 0 heterocycles. The Morgan fingerprint density at radius 2 is 0.979 bits per heavy atom. The van der Waals surface area contributed by atoms with Crippen molar-refractivity contribution in [2.24, 2.45) is 0 Å². The van der Waals surface area contributed by atoms with Crippen molar-refractivity contribution < 1.29 is 37.9 Å². The summed E-state index contributed by atoms with van der Waals surface area (Å²) in [5, 5.41) is 0. The van der Waals surface area contributed by atoms with Crippen molar-refractivity contribution in [1.82, 2.24) is 0 Å². The number of rotatable bonds is 35. The lowest BCUT2D eigenvalue weighted by Gasteiger charge is -2.18. The van der Waals surface area contributed by atoms with Gasteiger partial charge in [-0.2, -0.15) is 0 Å². The van der Waals surface area contributed by atoms with Crippen molar-refractivity contribution in [3.63, 3.8) is 0 Å². The highest BCUT2D eigenvalue weighted by Crippen LogP contribution is 2.36. The maximum absolute atomic E-state index is 12.3. The summed E-state index contributed by atoms with van der Waals surface area (Å²) >= 11 is 0. The molecule has 9 heteroatoms. The SMILES string of the molecule is CCCCCC/C=C/C=C/CCCCCCCC(=O)OC[C@H](COP(=O)(O)O)OC(=O)CC/C=C/CCCCCCCCCCCCC. The average molecular weight is 699 g/mol. The quantitative estimate of drug-likeness (QED) is 0.0221. The van der Waals surface area contributed by atoms with E-state index in [1.165, 1.54) is 89.9 Å². The summed E-state index contributed by atoms with van der Waals surface area (Å²) < 4.78 is 26.2. The normalized spacial score (nSPS) is 12.8. The third kappa shape index (κ3) is 37.1. The van der Waals surface area contributed by atoms with E-state index in [-0.39, 0.29) is 19.4 Å². The Kier molecular flexibility index (Phi) is 33.8. The van der Waals surface area contributed by atoms with Gasteiger partial charge in [-0.15, -0.1) is 0 Å². The molecule has 0 rings (SSSR count). The number of allylic oxidation sites excluding steroid dienone is 6. The number of hydrogen-bond donors (Lipinski definition) is 2. The van der Waals surface area contributed by atoms with Crippen LogP contribution in [0.2, 0.25) is 0 Å². The van der Waals surface area contributed by atoms with Crippen LogP contribution in [0.15, 0.2) is 36.5 Å². The van der Waals surface area contributed by atoms with Crippen molar-refractivity contribution in [2.75, 3.05) is 13.2 Å². The number of unbranched alkanes of at least 4 members (excludes halogenated alkanes) is 20. The number of phosphoric acid groups is 1. The minimum absolute atomic E-state index is 0.126. The molecule has 0 amide bonds. The fourth-order valence-corrected chi connectivity index (χ4v) is 5.62. The first-order valence-corrected chi connectivity index (χ1v) is 20.8. The molecule has 0 saturated carbocycles. The molecule has 0 saturated heterocycles. The van der Waals surface area contributed by atoms with Gasteiger partial charge in [-0.05, 0) is 51.4 Å². The highest BCUT2D eigenvalue weighted by molar-refractivity contribution is 7.46. The van der Waals surface area contributed by atoms with E-state index in [2.05, 4.69) is 48.8 Å². The first-order chi connectivity index (χ1) is 23.3. The first-order valence-electron chi connectivity index (χ1n) is 19.3. The van der Waals surface area contributed by atoms with Gasteiger partial charge in [0, 0.05) is 12.8 Å². The van der Waals surface area contributed by atoms with Crippen molar-refractivity contribution in [2.45, 2.75) is 187 Å². The number of carbonyl (C=O) groups is 2. The van der Waals surface area contributed by atoms with E-state index in [0.29, 0.717) is 12.8 Å². The maximum Gasteiger partial charge on any atom is 0.469 e. The Morgan fingerprint density at radius 1 is 0.542 bits per heavy atom. The molecule has 48 heavy (non-hydrogen) atoms. The minimum Gasteiger partial charge on any atom is -0.462 e. The van der Waals surface area contributed by atoms with E-state index in [1.54, 1.807) is 0 Å². The topological polar surface area (TPSA) is 119 Å². The zero-order chi connectivity index (χ0) is 35.4. The van der Waals surface area contributed by atoms with Crippen molar-refractivity contribution in [3.05, 3.63) is 36.5 Å². The Labute approximate surface area is 293 Å². The molecular formula is C39H71O8P. The van der Waals surface area contributed by atoms with Crippen LogP contribution in [-0.2, 0) is 28.2 Å². The van der Waals surface area contributed by atoms with E-state index in [1.807, 2.05) is 6.08 Å². The van der Waals surface area contributed by atoms with E-state index >= 15 is 0 Å². The fraction of sp³-hybridized carbons (Fsp3) is 0.795. The van der Waals surface area contributed by atoms with Gasteiger partial charge in [0.05, 0.1) is 6.61 Å². The van der Waals surface area contributed by atoms with Gasteiger partial charge in [-0.3, -0.25) is 14.1 Å². The van der Waals surface area contributed by atoms with Crippen LogP contribution in [0.3, 0.4) is 0 Å². The zero-order valence-electron chi connectivity index (χ0n) is 30.6. The molecular weight excluding hydrogens is 627 g/mol. The number of hydrogen-bond acceptors (Lipinski definition) is 6. The molecule has 0 aliphatic rings. The number of ether oxygens (including phenoxy) is 2. The van der Waals surface area contributed by atoms with Gasteiger partial charge in [0.25, 0.3) is 0 Å². The summed E-state index contributed by atoms with van der Waals surface area (Å²) in [5.41, 5.74) is 0. The van der Waals surface area contributed by atoms with Gasteiger partial charge in [-0.25, -0.2) is 4.57 Å². The van der Waals surface area contributed by atoms with Crippen LogP contribution in [0.4, 0.5) is 0 Å². The summed E-state index contributed by atoms with van der Waals surface area (Å²) in [7, 11) is -4.76. The summed E-state index contributed by atoms with van der Waals surface area (Å²) in [6, 6.07) is 0. The predicted octanol–water partition coefficient (Wildman–Crippen LogP) is 11.4. The molecule has 0 bridgehead atoms. The Bertz CT molecular complexity index is 879. The molecule has 8 nitrogen and oxygen atoms in total. The standard InChI is InChI=1S/C39H71O8P/c1-3-5-7-9-11-13-15-17-19-21-23-25-27-29-31-33-38(40)45-35-37(36-46-48(42,43)44)47-39(41)34-32-30-28-26-24-22-20-18-16-14-12-10-8-6-4-2/h13,15,17,19,28,30,37H,3-12,14,16,18,20-27,29,31-36H2,1-2H3,(H2,42,43,44)/b15-13+,19-17+,30-28+/t37-/m1/s1. The largest absolute Gasteiger partial charge is 0.469 e. The van der Waals surface area contributed by atoms with Crippen LogP contribution in [0, 0.1) is 0 Å². The molecule has 0 radical (unpaired) electrons. The highest BCUT2D eigenvalue weighted by Gasteiger charge is 2.22. The van der Waals surface area contributed by atoms with E-state index in [9.17, 15) is 14.2 Å². The van der Waals surface area contributed by atoms with Crippen LogP contribution < -0.4 is 0 Å². The minimum atomic E-state index is -4.76. The predicted molar refractivity (Wildman–Crippen MR) is 198 cm³/mol. The second kappa shape index (κ2) is 35.1. The second-order valence-electron chi connectivity index (χ2n) is 12.9. The molecule has 1 atom stereocenters. The molecule has 0 fully saturated rings. The highest BCUT2D eigenvalue weighted by atomic mass is 31.2. The molecule has 0 unspecified atom stereocenters. The average Bonchev–Trinajstić information content (AvgIpc) is 3.05. The summed E-state index contributed by atoms with van der Waals surface area (Å²) in [5.74, 6) is -0.958. The van der Waals surface area contributed by atoms with Gasteiger partial charge in [0.15, 0.2) is 6.10 Å². The smallest absolute Gasteiger partial charge is 0.462 e. The fourth-order valence-electron chi connectivity index (χ4n) is 5.26. The third-order valence-electron chi connectivity index (χ3n) is 8.17. The number of esters is 2. The summed E-state index contributed by atoms with van der Waals surface area (Å²) in [4.78, 5) is 42.7. The van der Waals surface area contributed by atoms with Crippen LogP contribution >= 0.6 is 7.82 Å². The Hall–Kier alpha value is -1.73. The van der Waals surface area contributed by atoms with Gasteiger partial charge >= 0.3 is 19.8 Å². The molecule has 0 aliphatic heterocycles. The van der Waals surface area contributed by atoms with Gasteiger partial charge in [0.1, 0.15) is 6.61 Å². The van der Waals surface area contributed by atoms with Crippen LogP contribution in [0.25, 0.3) is 0 Å². The van der Waals surface area contributed by atoms with Crippen molar-refractivity contribution >= 4 is 19.8 Å². The number of phosphoric ester groups is 1. The van der Waals surface area contributed by atoms with Gasteiger partial charge < -0.3 is 19.3 Å². The van der Waals surface area contributed by atoms with Gasteiger partial charge in [-0.1, -0.05) is 153 Å². The van der Waals surface area contributed by atoms with E-state index in [4.69, 9.17) is 19.3 Å². The van der Waals surface area contributed by atoms with Crippen molar-refractivity contribution in [3.8, 4) is 0 Å². The molecule has 0 aromatic rings. The van der Waals surface area contributed by atoms with Crippen molar-refractivity contribution in [1.29, 1.82) is 0 Å². The monoisotopic (exact) mass is 698 g/mol. The lowest BCUT2D eigenvalue weighted by molar-refractivity contribution is -0.161. The van der Waals surface area contributed by atoms with Crippen LogP contribution in [0.5, 0.6) is 0 Å². The van der Waals surface area contributed by atoms with Crippen LogP contribution in [0.1, 0.15) is 181 Å². The number of carbonyl (C=O) groups excluding carboxylic acids is 2. The zero-order valence-corrected chi connectivity index (χ0v) is 31.5.